The van der Waals surface area contributed by atoms with Gasteiger partial charge in [-0.2, -0.15) is 0 Å². The van der Waals surface area contributed by atoms with Crippen LogP contribution in [0, 0.1) is 0 Å². The lowest BCUT2D eigenvalue weighted by Crippen LogP contribution is -2.47. The van der Waals surface area contributed by atoms with Gasteiger partial charge in [0.1, 0.15) is 0 Å². The van der Waals surface area contributed by atoms with Crippen LogP contribution in [0.3, 0.4) is 0 Å². The summed E-state index contributed by atoms with van der Waals surface area (Å²) in [6.07, 6.45) is 8.97. The number of rotatable bonds is 7. The Morgan fingerprint density at radius 3 is 2.40 bits per heavy atom. The summed E-state index contributed by atoms with van der Waals surface area (Å²) in [6, 6.07) is 30.0. The predicted molar refractivity (Wildman–Crippen MR) is 170 cm³/mol. The maximum absolute atomic E-state index is 13.9. The van der Waals surface area contributed by atoms with E-state index in [0.29, 0.717) is 6.54 Å². The van der Waals surface area contributed by atoms with Gasteiger partial charge in [-0.1, -0.05) is 84.9 Å². The fourth-order valence-corrected chi connectivity index (χ4v) is 6.14. The molecule has 0 unspecified atom stereocenters. The first-order valence-electron chi connectivity index (χ1n) is 14.7. The molecule has 4 aromatic carbocycles. The highest BCUT2D eigenvalue weighted by molar-refractivity contribution is 6.06. The standard InChI is InChI=1S/C36H35N5O/c1-38-17-19-40(20-18-38)36(42)35-25-39(24-34(35)33-12-6-10-29-8-4-5-11-32(29)33)23-31-22-37-26-41(31)16-15-27-13-14-28-7-2-3-9-30(28)21-27/h2-14,21-22,24-26H,15-20,23H2,1H3. The van der Waals surface area contributed by atoms with Crippen LogP contribution in [0.25, 0.3) is 32.7 Å². The number of hydrogen-bond acceptors (Lipinski definition) is 3. The van der Waals surface area contributed by atoms with Crippen LogP contribution in [0.5, 0.6) is 0 Å². The second-order valence-electron chi connectivity index (χ2n) is 11.4. The van der Waals surface area contributed by atoms with Crippen LogP contribution in [-0.2, 0) is 19.5 Å². The van der Waals surface area contributed by atoms with E-state index in [4.69, 9.17) is 0 Å². The minimum atomic E-state index is 0.106. The van der Waals surface area contributed by atoms with Crippen LogP contribution < -0.4 is 0 Å². The molecule has 3 heterocycles. The van der Waals surface area contributed by atoms with Crippen molar-refractivity contribution in [3.8, 4) is 11.1 Å². The van der Waals surface area contributed by atoms with Gasteiger partial charge in [0.05, 0.1) is 24.1 Å². The third-order valence-electron chi connectivity index (χ3n) is 8.58. The maximum atomic E-state index is 13.9. The first-order chi connectivity index (χ1) is 20.6. The van der Waals surface area contributed by atoms with Crippen molar-refractivity contribution in [2.45, 2.75) is 19.5 Å². The summed E-state index contributed by atoms with van der Waals surface area (Å²) in [5, 5.41) is 4.87. The van der Waals surface area contributed by atoms with Gasteiger partial charge in [-0.25, -0.2) is 4.98 Å². The maximum Gasteiger partial charge on any atom is 0.256 e. The van der Waals surface area contributed by atoms with Gasteiger partial charge >= 0.3 is 0 Å². The number of likely N-dealkylation sites (N-methyl/N-ethyl adjacent to an activating group) is 1. The predicted octanol–water partition coefficient (Wildman–Crippen LogP) is 6.34. The Kier molecular flexibility index (Phi) is 7.06. The van der Waals surface area contributed by atoms with Gasteiger partial charge in [-0.05, 0) is 46.1 Å². The molecule has 6 nitrogen and oxygen atoms in total. The van der Waals surface area contributed by atoms with Crippen LogP contribution in [0.1, 0.15) is 21.6 Å². The molecule has 1 saturated heterocycles. The molecule has 1 amide bonds. The Labute approximate surface area is 246 Å². The summed E-state index contributed by atoms with van der Waals surface area (Å²) in [7, 11) is 2.11. The average molecular weight is 554 g/mol. The van der Waals surface area contributed by atoms with E-state index in [9.17, 15) is 4.79 Å². The zero-order chi connectivity index (χ0) is 28.5. The van der Waals surface area contributed by atoms with Crippen LogP contribution in [0.4, 0.5) is 0 Å². The quantitative estimate of drug-likeness (QED) is 0.232. The van der Waals surface area contributed by atoms with Crippen molar-refractivity contribution in [1.29, 1.82) is 0 Å². The van der Waals surface area contributed by atoms with Gasteiger partial charge in [-0.3, -0.25) is 4.79 Å². The number of benzene rings is 4. The summed E-state index contributed by atoms with van der Waals surface area (Å²) in [5.41, 5.74) is 5.27. The first kappa shape index (κ1) is 26.2. The molecule has 6 aromatic rings. The number of imidazole rings is 1. The molecule has 2 aromatic heterocycles. The molecule has 6 heteroatoms. The zero-order valence-corrected chi connectivity index (χ0v) is 24.0. The second kappa shape index (κ2) is 11.3. The molecule has 1 aliphatic heterocycles. The van der Waals surface area contributed by atoms with E-state index in [1.807, 2.05) is 23.6 Å². The summed E-state index contributed by atoms with van der Waals surface area (Å²) < 4.78 is 4.39. The molecule has 0 spiro atoms. The third-order valence-corrected chi connectivity index (χ3v) is 8.58. The summed E-state index contributed by atoms with van der Waals surface area (Å²) in [6.45, 7) is 4.77. The molecule has 210 valence electrons. The van der Waals surface area contributed by atoms with Gasteiger partial charge in [0, 0.05) is 56.9 Å². The molecule has 42 heavy (non-hydrogen) atoms. The highest BCUT2D eigenvalue weighted by Gasteiger charge is 2.25. The number of carbonyl (C=O) groups is 1. The number of nitrogens with zero attached hydrogens (tertiary/aromatic N) is 5. The van der Waals surface area contributed by atoms with Gasteiger partial charge < -0.3 is 18.9 Å². The number of hydrogen-bond donors (Lipinski definition) is 0. The lowest BCUT2D eigenvalue weighted by Gasteiger charge is -2.32. The second-order valence-corrected chi connectivity index (χ2v) is 11.4. The van der Waals surface area contributed by atoms with Crippen molar-refractivity contribution in [3.63, 3.8) is 0 Å². The van der Waals surface area contributed by atoms with Crippen molar-refractivity contribution >= 4 is 27.5 Å². The zero-order valence-electron chi connectivity index (χ0n) is 24.0. The number of carbonyl (C=O) groups excluding carboxylic acids is 1. The molecular formula is C36H35N5O. The highest BCUT2D eigenvalue weighted by Crippen LogP contribution is 2.33. The van der Waals surface area contributed by atoms with Crippen LogP contribution >= 0.6 is 0 Å². The topological polar surface area (TPSA) is 46.3 Å². The van der Waals surface area contributed by atoms with Gasteiger partial charge in [0.2, 0.25) is 0 Å². The van der Waals surface area contributed by atoms with E-state index < -0.39 is 0 Å². The Hall–Kier alpha value is -4.68. The van der Waals surface area contributed by atoms with Crippen molar-refractivity contribution in [1.82, 2.24) is 23.9 Å². The van der Waals surface area contributed by atoms with Crippen LogP contribution in [-0.4, -0.2) is 63.1 Å². The van der Waals surface area contributed by atoms with Gasteiger partial charge in [0.25, 0.3) is 5.91 Å². The molecule has 0 N–H and O–H groups in total. The monoisotopic (exact) mass is 553 g/mol. The molecule has 0 aliphatic carbocycles. The Bertz CT molecular complexity index is 1870. The normalized spacial score (nSPS) is 14.2. The molecule has 7 rings (SSSR count). The number of fused-ring (bicyclic) bond motifs is 2. The Morgan fingerprint density at radius 1 is 0.786 bits per heavy atom. The van der Waals surface area contributed by atoms with E-state index in [1.165, 1.54) is 21.7 Å². The van der Waals surface area contributed by atoms with Crippen molar-refractivity contribution in [2.24, 2.45) is 0 Å². The molecule has 1 fully saturated rings. The smallest absolute Gasteiger partial charge is 0.256 e. The molecule has 0 radical (unpaired) electrons. The molecule has 0 saturated carbocycles. The van der Waals surface area contributed by atoms with Crippen molar-refractivity contribution in [2.75, 3.05) is 33.2 Å². The van der Waals surface area contributed by atoms with Crippen molar-refractivity contribution in [3.05, 3.63) is 127 Å². The van der Waals surface area contributed by atoms with E-state index in [-0.39, 0.29) is 5.91 Å². The fraction of sp³-hybridized carbons (Fsp3) is 0.222. The van der Waals surface area contributed by atoms with Gasteiger partial charge in [0.15, 0.2) is 0 Å². The van der Waals surface area contributed by atoms with Crippen LogP contribution in [0.15, 0.2) is 110 Å². The Morgan fingerprint density at radius 2 is 1.55 bits per heavy atom. The van der Waals surface area contributed by atoms with Crippen LogP contribution in [0.2, 0.25) is 0 Å². The third kappa shape index (κ3) is 5.21. The largest absolute Gasteiger partial charge is 0.347 e. The average Bonchev–Trinajstić information content (AvgIpc) is 3.66. The number of aromatic nitrogens is 3. The lowest BCUT2D eigenvalue weighted by atomic mass is 9.97. The number of aryl methyl sites for hydroxylation is 2. The summed E-state index contributed by atoms with van der Waals surface area (Å²) in [5.74, 6) is 0.106. The molecular weight excluding hydrogens is 518 g/mol. The van der Waals surface area contributed by atoms with E-state index in [0.717, 1.165) is 66.9 Å². The van der Waals surface area contributed by atoms with E-state index in [2.05, 4.69) is 117 Å². The van der Waals surface area contributed by atoms with Crippen molar-refractivity contribution < 1.29 is 4.79 Å². The minimum Gasteiger partial charge on any atom is -0.347 e. The van der Waals surface area contributed by atoms with Gasteiger partial charge in [-0.15, -0.1) is 0 Å². The summed E-state index contributed by atoms with van der Waals surface area (Å²) in [4.78, 5) is 22.7. The Balaban J connectivity index is 1.18. The van der Waals surface area contributed by atoms with E-state index in [1.54, 1.807) is 0 Å². The molecule has 1 aliphatic rings. The first-order valence-corrected chi connectivity index (χ1v) is 14.7. The number of amides is 1. The number of piperazine rings is 1. The minimum absolute atomic E-state index is 0.106. The fourth-order valence-electron chi connectivity index (χ4n) is 6.14. The molecule has 0 atom stereocenters. The lowest BCUT2D eigenvalue weighted by molar-refractivity contribution is 0.0665. The highest BCUT2D eigenvalue weighted by atomic mass is 16.2. The SMILES string of the molecule is CN1CCN(C(=O)c2cn(Cc3cncn3CCc3ccc4ccccc4c3)cc2-c2cccc3ccccc23)CC1. The summed E-state index contributed by atoms with van der Waals surface area (Å²) >= 11 is 0. The molecule has 0 bridgehead atoms. The van der Waals surface area contributed by atoms with E-state index >= 15 is 0 Å².